The second-order valence-corrected chi connectivity index (χ2v) is 10.2. The van der Waals surface area contributed by atoms with Crippen molar-refractivity contribution >= 4 is 19.9 Å². The van der Waals surface area contributed by atoms with Crippen molar-refractivity contribution in [3.05, 3.63) is 0 Å². The fraction of sp³-hybridized carbons (Fsp3) is 0.875. The van der Waals surface area contributed by atoms with Gasteiger partial charge in [0.1, 0.15) is 5.60 Å². The lowest BCUT2D eigenvalue weighted by Crippen LogP contribution is -2.46. The lowest BCUT2D eigenvalue weighted by atomic mass is 10.2. The average Bonchev–Trinajstić information content (AvgIpc) is 2.26. The number of phosphoric acid groups is 1. The molecule has 0 spiro atoms. The molecule has 9 nitrogen and oxygen atoms in total. The first-order valence-corrected chi connectivity index (χ1v) is 9.66. The van der Waals surface area contributed by atoms with Gasteiger partial charge in [-0.2, -0.15) is 0 Å². The summed E-state index contributed by atoms with van der Waals surface area (Å²) in [6, 6.07) is -1.50. The molecule has 0 aliphatic carbocycles. The van der Waals surface area contributed by atoms with Crippen LogP contribution in [0.1, 0.15) is 62.3 Å². The highest BCUT2D eigenvalue weighted by molar-refractivity contribution is 7.48. The van der Waals surface area contributed by atoms with Crippen molar-refractivity contribution in [1.82, 2.24) is 5.32 Å². The van der Waals surface area contributed by atoms with Crippen LogP contribution in [0.25, 0.3) is 0 Å². The number of amides is 1. The Hall–Kier alpha value is -1.15. The molecule has 0 saturated carbocycles. The topological polar surface area (TPSA) is 120 Å². The number of carboxylic acids is 1. The van der Waals surface area contributed by atoms with Gasteiger partial charge in [0, 0.05) is 0 Å². The molecule has 1 unspecified atom stereocenters. The minimum atomic E-state index is -4.10. The molecule has 26 heavy (non-hydrogen) atoms. The van der Waals surface area contributed by atoms with Crippen LogP contribution in [-0.4, -0.2) is 46.6 Å². The van der Waals surface area contributed by atoms with E-state index in [2.05, 4.69) is 5.32 Å². The van der Waals surface area contributed by atoms with E-state index < -0.39 is 49.3 Å². The van der Waals surface area contributed by atoms with Crippen LogP contribution in [0.4, 0.5) is 4.79 Å². The summed E-state index contributed by atoms with van der Waals surface area (Å²) < 4.78 is 33.9. The third kappa shape index (κ3) is 12.2. The van der Waals surface area contributed by atoms with Gasteiger partial charge in [-0.15, -0.1) is 0 Å². The summed E-state index contributed by atoms with van der Waals surface area (Å²) >= 11 is 0. The molecule has 0 aliphatic heterocycles. The Balaban J connectivity index is 5.16. The fourth-order valence-electron chi connectivity index (χ4n) is 1.53. The molecule has 0 aromatic rings. The molecule has 0 heterocycles. The van der Waals surface area contributed by atoms with Crippen molar-refractivity contribution in [2.24, 2.45) is 0 Å². The number of ether oxygens (including phenoxy) is 1. The first-order chi connectivity index (χ1) is 11.3. The maximum absolute atomic E-state index is 12.9. The molecule has 154 valence electrons. The summed E-state index contributed by atoms with van der Waals surface area (Å²) in [7, 11) is -4.10. The summed E-state index contributed by atoms with van der Waals surface area (Å²) in [5.74, 6) is -1.38. The minimum absolute atomic E-state index is 0.627. The molecule has 0 fully saturated rings. The Labute approximate surface area is 155 Å². The normalized spacial score (nSPS) is 14.7. The highest BCUT2D eigenvalue weighted by Crippen LogP contribution is 2.55. The number of hydrogen-bond donors (Lipinski definition) is 2. The van der Waals surface area contributed by atoms with E-state index in [0.717, 1.165) is 0 Å². The Morgan fingerprint density at radius 2 is 1.35 bits per heavy atom. The molecule has 0 saturated heterocycles. The number of alkyl carbamates (subject to hydrolysis) is 1. The van der Waals surface area contributed by atoms with E-state index in [1.807, 2.05) is 0 Å². The first kappa shape index (κ1) is 24.8. The standard InChI is InChI=1S/C16H32NO8P/c1-14(2,3)23-13(20)17-11(12(18)19)10-22-26(21,24-15(4,5)6)25-16(7,8)9/h11H,10H2,1-9H3,(H,17,20)(H,18,19). The number of carboxylic acid groups (broad SMARTS) is 1. The van der Waals surface area contributed by atoms with Gasteiger partial charge in [0.25, 0.3) is 0 Å². The summed E-state index contributed by atoms with van der Waals surface area (Å²) in [4.78, 5) is 23.1. The number of carbonyl (C=O) groups is 2. The van der Waals surface area contributed by atoms with E-state index in [4.69, 9.17) is 18.3 Å². The van der Waals surface area contributed by atoms with Gasteiger partial charge in [-0.25, -0.2) is 14.2 Å². The number of hydrogen-bond acceptors (Lipinski definition) is 7. The van der Waals surface area contributed by atoms with Crippen LogP contribution in [0, 0.1) is 0 Å². The molecular weight excluding hydrogens is 365 g/mol. The second-order valence-electron chi connectivity index (χ2n) is 8.69. The van der Waals surface area contributed by atoms with Crippen LogP contribution in [0.15, 0.2) is 0 Å². The van der Waals surface area contributed by atoms with Gasteiger partial charge in [-0.3, -0.25) is 13.6 Å². The van der Waals surface area contributed by atoms with E-state index in [0.29, 0.717) is 0 Å². The third-order valence-corrected chi connectivity index (χ3v) is 4.17. The molecule has 0 radical (unpaired) electrons. The number of nitrogens with one attached hydrogen (secondary N) is 1. The zero-order chi connectivity index (χ0) is 21.0. The zero-order valence-corrected chi connectivity index (χ0v) is 17.9. The highest BCUT2D eigenvalue weighted by Gasteiger charge is 2.38. The van der Waals surface area contributed by atoms with Crippen LogP contribution < -0.4 is 5.32 Å². The fourth-order valence-corrected chi connectivity index (χ4v) is 3.35. The Kier molecular flexibility index (Phi) is 8.31. The largest absolute Gasteiger partial charge is 0.480 e. The van der Waals surface area contributed by atoms with Crippen LogP contribution in [0.2, 0.25) is 0 Å². The van der Waals surface area contributed by atoms with Crippen LogP contribution in [0.3, 0.4) is 0 Å². The van der Waals surface area contributed by atoms with Crippen LogP contribution in [-0.2, 0) is 27.7 Å². The molecule has 1 atom stereocenters. The van der Waals surface area contributed by atoms with Gasteiger partial charge >= 0.3 is 19.9 Å². The summed E-state index contributed by atoms with van der Waals surface area (Å²) in [5.41, 5.74) is -2.52. The number of carbonyl (C=O) groups excluding carboxylic acids is 1. The molecule has 0 aromatic heterocycles. The molecule has 0 rings (SSSR count). The second kappa shape index (κ2) is 8.69. The van der Waals surface area contributed by atoms with E-state index in [-0.39, 0.29) is 0 Å². The molecule has 10 heteroatoms. The summed E-state index contributed by atoms with van der Waals surface area (Å²) in [6.07, 6.45) is -0.934. The minimum Gasteiger partial charge on any atom is -0.480 e. The lowest BCUT2D eigenvalue weighted by Gasteiger charge is -2.31. The van der Waals surface area contributed by atoms with Gasteiger partial charge in [0.2, 0.25) is 0 Å². The van der Waals surface area contributed by atoms with Gasteiger partial charge in [-0.1, -0.05) is 0 Å². The quantitative estimate of drug-likeness (QED) is 0.624. The summed E-state index contributed by atoms with van der Waals surface area (Å²) in [6.45, 7) is 14.2. The predicted octanol–water partition coefficient (Wildman–Crippen LogP) is 3.72. The maximum Gasteiger partial charge on any atom is 0.475 e. The smallest absolute Gasteiger partial charge is 0.475 e. The van der Waals surface area contributed by atoms with E-state index in [9.17, 15) is 19.3 Å². The van der Waals surface area contributed by atoms with Crippen LogP contribution >= 0.6 is 7.82 Å². The average molecular weight is 397 g/mol. The Bertz CT molecular complexity index is 522. The zero-order valence-electron chi connectivity index (χ0n) is 17.0. The van der Waals surface area contributed by atoms with Crippen molar-refractivity contribution in [3.8, 4) is 0 Å². The number of aliphatic carboxylic acids is 1. The molecule has 0 bridgehead atoms. The number of phosphoric ester groups is 1. The monoisotopic (exact) mass is 397 g/mol. The molecule has 1 amide bonds. The number of rotatable bonds is 7. The van der Waals surface area contributed by atoms with Crippen molar-refractivity contribution < 1.29 is 37.6 Å². The Morgan fingerprint density at radius 3 is 1.65 bits per heavy atom. The van der Waals surface area contributed by atoms with Crippen molar-refractivity contribution in [1.29, 1.82) is 0 Å². The lowest BCUT2D eigenvalue weighted by molar-refractivity contribution is -0.140. The third-order valence-electron chi connectivity index (χ3n) is 2.16. The molecule has 0 aromatic carbocycles. The van der Waals surface area contributed by atoms with Crippen molar-refractivity contribution in [2.45, 2.75) is 85.2 Å². The molecular formula is C16H32NO8P. The van der Waals surface area contributed by atoms with E-state index >= 15 is 0 Å². The molecule has 2 N–H and O–H groups in total. The maximum atomic E-state index is 12.9. The van der Waals surface area contributed by atoms with Gasteiger partial charge in [0.05, 0.1) is 17.8 Å². The Morgan fingerprint density at radius 1 is 0.923 bits per heavy atom. The van der Waals surface area contributed by atoms with Crippen LogP contribution in [0.5, 0.6) is 0 Å². The highest BCUT2D eigenvalue weighted by atomic mass is 31.2. The van der Waals surface area contributed by atoms with E-state index in [1.54, 1.807) is 62.3 Å². The van der Waals surface area contributed by atoms with Crippen molar-refractivity contribution in [3.63, 3.8) is 0 Å². The van der Waals surface area contributed by atoms with Gasteiger partial charge in [0.15, 0.2) is 6.04 Å². The van der Waals surface area contributed by atoms with Gasteiger partial charge in [-0.05, 0) is 62.3 Å². The SMILES string of the molecule is CC(C)(C)OC(=O)NC(COP(=O)(OC(C)(C)C)OC(C)(C)C)C(=O)O. The predicted molar refractivity (Wildman–Crippen MR) is 96.0 cm³/mol. The molecule has 0 aliphatic rings. The van der Waals surface area contributed by atoms with Crippen molar-refractivity contribution in [2.75, 3.05) is 6.61 Å². The van der Waals surface area contributed by atoms with Gasteiger partial charge < -0.3 is 15.2 Å². The summed E-state index contributed by atoms with van der Waals surface area (Å²) in [5, 5.41) is 11.4. The van der Waals surface area contributed by atoms with E-state index in [1.165, 1.54) is 0 Å². The first-order valence-electron chi connectivity index (χ1n) is 8.20.